The van der Waals surface area contributed by atoms with Crippen molar-refractivity contribution in [3.63, 3.8) is 0 Å². The summed E-state index contributed by atoms with van der Waals surface area (Å²) in [7, 11) is 0. The van der Waals surface area contributed by atoms with Gasteiger partial charge in [-0.15, -0.1) is 0 Å². The molecule has 0 spiro atoms. The highest BCUT2D eigenvalue weighted by Crippen LogP contribution is 2.29. The van der Waals surface area contributed by atoms with Crippen molar-refractivity contribution < 1.29 is 9.90 Å². The van der Waals surface area contributed by atoms with Crippen molar-refractivity contribution >= 4 is 16.9 Å². The molecule has 2 heterocycles. The fourth-order valence-corrected chi connectivity index (χ4v) is 3.23. The van der Waals surface area contributed by atoms with Gasteiger partial charge >= 0.3 is 5.97 Å². The summed E-state index contributed by atoms with van der Waals surface area (Å²) < 4.78 is 2.18. The lowest BCUT2D eigenvalue weighted by Gasteiger charge is -2.27. The molecule has 0 unspecified atom stereocenters. The number of nitrogens with one attached hydrogen (secondary N) is 1. The lowest BCUT2D eigenvalue weighted by atomic mass is 10.1. The van der Waals surface area contributed by atoms with E-state index in [9.17, 15) is 9.90 Å². The van der Waals surface area contributed by atoms with Gasteiger partial charge in [-0.3, -0.25) is 4.90 Å². The lowest BCUT2D eigenvalue weighted by molar-refractivity contribution is 0.0699. The minimum absolute atomic E-state index is 0.309. The number of aromatic carboxylic acids is 1. The maximum absolute atomic E-state index is 11.6. The van der Waals surface area contributed by atoms with Crippen LogP contribution in [0.4, 0.5) is 0 Å². The van der Waals surface area contributed by atoms with E-state index < -0.39 is 5.97 Å². The molecular weight excluding hydrogens is 278 g/mol. The molecule has 0 saturated carbocycles. The predicted molar refractivity (Wildman–Crippen MR) is 87.4 cm³/mol. The number of benzene rings is 1. The molecule has 0 atom stereocenters. The van der Waals surface area contributed by atoms with Gasteiger partial charge in [0, 0.05) is 55.9 Å². The third-order valence-electron chi connectivity index (χ3n) is 4.33. The number of rotatable bonds is 4. The molecule has 0 amide bonds. The molecule has 1 aromatic carbocycles. The Hall–Kier alpha value is -1.85. The number of carboxylic acids is 1. The van der Waals surface area contributed by atoms with E-state index in [4.69, 9.17) is 0 Å². The van der Waals surface area contributed by atoms with Gasteiger partial charge in [0.2, 0.25) is 0 Å². The van der Waals surface area contributed by atoms with Crippen molar-refractivity contribution in [2.24, 2.45) is 0 Å². The topological polar surface area (TPSA) is 57.5 Å². The van der Waals surface area contributed by atoms with E-state index in [1.54, 1.807) is 6.07 Å². The lowest BCUT2D eigenvalue weighted by Crippen LogP contribution is -2.42. The molecule has 1 saturated heterocycles. The van der Waals surface area contributed by atoms with E-state index in [1.165, 1.54) is 0 Å². The van der Waals surface area contributed by atoms with Crippen molar-refractivity contribution in [1.29, 1.82) is 0 Å². The Kier molecular flexibility index (Phi) is 4.18. The van der Waals surface area contributed by atoms with Crippen LogP contribution < -0.4 is 5.32 Å². The Balaban J connectivity index is 2.09. The number of hydrogen-bond donors (Lipinski definition) is 2. The minimum atomic E-state index is -0.853. The molecule has 2 aromatic rings. The highest BCUT2D eigenvalue weighted by molar-refractivity contribution is 6.04. The van der Waals surface area contributed by atoms with Gasteiger partial charge in [0.15, 0.2) is 0 Å². The normalized spacial score (nSPS) is 16.5. The number of carboxylic acid groups (broad SMARTS) is 1. The monoisotopic (exact) mass is 301 g/mol. The van der Waals surface area contributed by atoms with Crippen molar-refractivity contribution in [2.75, 3.05) is 26.2 Å². The summed E-state index contributed by atoms with van der Waals surface area (Å²) >= 11 is 0. The van der Waals surface area contributed by atoms with Gasteiger partial charge in [-0.1, -0.05) is 6.07 Å². The SMILES string of the molecule is CC(C)n1cc(CN2CCNCC2)c2c(C(=O)O)cccc21. The molecule has 1 aliphatic rings. The largest absolute Gasteiger partial charge is 0.478 e. The van der Waals surface area contributed by atoms with Gasteiger partial charge in [0.1, 0.15) is 0 Å². The van der Waals surface area contributed by atoms with Crippen LogP contribution in [0, 0.1) is 0 Å². The van der Waals surface area contributed by atoms with E-state index in [0.717, 1.165) is 49.2 Å². The van der Waals surface area contributed by atoms with Crippen molar-refractivity contribution in [3.8, 4) is 0 Å². The minimum Gasteiger partial charge on any atom is -0.478 e. The highest BCUT2D eigenvalue weighted by Gasteiger charge is 2.19. The van der Waals surface area contributed by atoms with E-state index in [1.807, 2.05) is 12.1 Å². The van der Waals surface area contributed by atoms with Gasteiger partial charge in [0.25, 0.3) is 0 Å². The molecule has 5 nitrogen and oxygen atoms in total. The predicted octanol–water partition coefficient (Wildman–Crippen LogP) is 2.33. The summed E-state index contributed by atoms with van der Waals surface area (Å²) in [6.07, 6.45) is 2.13. The van der Waals surface area contributed by atoms with Crippen LogP contribution in [0.3, 0.4) is 0 Å². The number of piperazine rings is 1. The molecule has 1 aliphatic heterocycles. The summed E-state index contributed by atoms with van der Waals surface area (Å²) in [4.78, 5) is 14.0. The van der Waals surface area contributed by atoms with Crippen molar-refractivity contribution in [1.82, 2.24) is 14.8 Å². The van der Waals surface area contributed by atoms with Gasteiger partial charge in [-0.25, -0.2) is 4.79 Å². The van der Waals surface area contributed by atoms with Gasteiger partial charge in [0.05, 0.1) is 5.56 Å². The maximum Gasteiger partial charge on any atom is 0.336 e. The summed E-state index contributed by atoms with van der Waals surface area (Å²) in [6.45, 7) is 9.06. The molecule has 3 rings (SSSR count). The summed E-state index contributed by atoms with van der Waals surface area (Å²) in [5.74, 6) is -0.853. The molecule has 118 valence electrons. The second-order valence-electron chi connectivity index (χ2n) is 6.19. The highest BCUT2D eigenvalue weighted by atomic mass is 16.4. The first kappa shape index (κ1) is 15.1. The number of nitrogens with zero attached hydrogens (tertiary/aromatic N) is 2. The summed E-state index contributed by atoms with van der Waals surface area (Å²) in [6, 6.07) is 5.86. The van der Waals surface area contributed by atoms with Crippen LogP contribution >= 0.6 is 0 Å². The fourth-order valence-electron chi connectivity index (χ4n) is 3.23. The van der Waals surface area contributed by atoms with Crippen LogP contribution in [-0.4, -0.2) is 46.7 Å². The average Bonchev–Trinajstić information content (AvgIpc) is 2.87. The Morgan fingerprint density at radius 3 is 2.68 bits per heavy atom. The maximum atomic E-state index is 11.6. The second-order valence-corrected chi connectivity index (χ2v) is 6.19. The van der Waals surface area contributed by atoms with Crippen LogP contribution in [0.25, 0.3) is 10.9 Å². The molecule has 22 heavy (non-hydrogen) atoms. The van der Waals surface area contributed by atoms with E-state index in [2.05, 4.69) is 34.8 Å². The smallest absolute Gasteiger partial charge is 0.336 e. The molecule has 0 radical (unpaired) electrons. The molecule has 1 fully saturated rings. The van der Waals surface area contributed by atoms with Gasteiger partial charge in [-0.05, 0) is 31.5 Å². The Bertz CT molecular complexity index is 685. The van der Waals surface area contributed by atoms with E-state index >= 15 is 0 Å². The third kappa shape index (κ3) is 2.74. The Labute approximate surface area is 130 Å². The first-order chi connectivity index (χ1) is 10.6. The number of fused-ring (bicyclic) bond motifs is 1. The number of aromatic nitrogens is 1. The molecule has 0 aliphatic carbocycles. The first-order valence-electron chi connectivity index (χ1n) is 7.86. The van der Waals surface area contributed by atoms with Crippen LogP contribution in [0.5, 0.6) is 0 Å². The van der Waals surface area contributed by atoms with Crippen LogP contribution in [0.2, 0.25) is 0 Å². The molecule has 0 bridgehead atoms. The standard InChI is InChI=1S/C17H23N3O2/c1-12(2)20-11-13(10-19-8-6-18-7-9-19)16-14(17(21)22)4-3-5-15(16)20/h3-5,11-12,18H,6-10H2,1-2H3,(H,21,22). The fraction of sp³-hybridized carbons (Fsp3) is 0.471. The van der Waals surface area contributed by atoms with Gasteiger partial charge < -0.3 is 15.0 Å². The average molecular weight is 301 g/mol. The van der Waals surface area contributed by atoms with Crippen molar-refractivity contribution in [2.45, 2.75) is 26.4 Å². The second kappa shape index (κ2) is 6.10. The van der Waals surface area contributed by atoms with Crippen LogP contribution in [0.15, 0.2) is 24.4 Å². The van der Waals surface area contributed by atoms with Crippen molar-refractivity contribution in [3.05, 3.63) is 35.5 Å². The summed E-state index contributed by atoms with van der Waals surface area (Å²) in [5.41, 5.74) is 2.53. The zero-order valence-electron chi connectivity index (χ0n) is 13.2. The molecule has 2 N–H and O–H groups in total. The van der Waals surface area contributed by atoms with Gasteiger partial charge in [-0.2, -0.15) is 0 Å². The number of carbonyl (C=O) groups is 1. The van der Waals surface area contributed by atoms with E-state index in [-0.39, 0.29) is 0 Å². The van der Waals surface area contributed by atoms with E-state index in [0.29, 0.717) is 11.6 Å². The first-order valence-corrected chi connectivity index (χ1v) is 7.86. The molecule has 1 aromatic heterocycles. The Morgan fingerprint density at radius 2 is 2.05 bits per heavy atom. The van der Waals surface area contributed by atoms with Crippen LogP contribution in [-0.2, 0) is 6.54 Å². The number of hydrogen-bond acceptors (Lipinski definition) is 3. The quantitative estimate of drug-likeness (QED) is 0.910. The zero-order chi connectivity index (χ0) is 15.7. The summed E-state index contributed by atoms with van der Waals surface area (Å²) in [5, 5.41) is 13.8. The Morgan fingerprint density at radius 1 is 1.32 bits per heavy atom. The third-order valence-corrected chi connectivity index (χ3v) is 4.33. The molecular formula is C17H23N3O2. The van der Waals surface area contributed by atoms with Crippen LogP contribution in [0.1, 0.15) is 35.8 Å². The molecule has 5 heteroatoms. The zero-order valence-corrected chi connectivity index (χ0v) is 13.2.